The van der Waals surface area contributed by atoms with Crippen molar-refractivity contribution in [2.75, 3.05) is 13.7 Å². The fourth-order valence-corrected chi connectivity index (χ4v) is 1.83. The van der Waals surface area contributed by atoms with Gasteiger partial charge in [0.1, 0.15) is 17.6 Å². The molecule has 0 saturated carbocycles. The van der Waals surface area contributed by atoms with Crippen LogP contribution in [-0.2, 0) is 4.74 Å². The lowest BCUT2D eigenvalue weighted by atomic mass is 10.1. The molecule has 1 atom stereocenters. The highest BCUT2D eigenvalue weighted by Gasteiger charge is 2.34. The van der Waals surface area contributed by atoms with Gasteiger partial charge in [-0.25, -0.2) is 0 Å². The normalized spacial score (nSPS) is 22.1. The minimum absolute atomic E-state index is 0.0764. The Kier molecular flexibility index (Phi) is 2.78. The van der Waals surface area contributed by atoms with Crippen LogP contribution >= 0.6 is 0 Å². The van der Waals surface area contributed by atoms with E-state index in [1.54, 1.807) is 7.11 Å². The van der Waals surface area contributed by atoms with Gasteiger partial charge in [0.15, 0.2) is 0 Å². The molecule has 0 aliphatic carbocycles. The van der Waals surface area contributed by atoms with Crippen LogP contribution < -0.4 is 9.47 Å². The third-order valence-electron chi connectivity index (χ3n) is 2.51. The van der Waals surface area contributed by atoms with Gasteiger partial charge in [-0.15, -0.1) is 0 Å². The van der Waals surface area contributed by atoms with Crippen molar-refractivity contribution in [1.29, 1.82) is 0 Å². The Labute approximate surface area is 94.8 Å². The van der Waals surface area contributed by atoms with Crippen LogP contribution in [0.25, 0.3) is 0 Å². The second kappa shape index (κ2) is 3.96. The summed E-state index contributed by atoms with van der Waals surface area (Å²) in [5, 5.41) is 9.31. The predicted molar refractivity (Wildman–Crippen MR) is 58.6 cm³/mol. The van der Waals surface area contributed by atoms with Crippen molar-refractivity contribution in [3.63, 3.8) is 0 Å². The van der Waals surface area contributed by atoms with Gasteiger partial charge in [-0.3, -0.25) is 0 Å². The van der Waals surface area contributed by atoms with E-state index in [2.05, 4.69) is 0 Å². The molecule has 2 rings (SSSR count). The number of rotatable bonds is 2. The first-order valence-electron chi connectivity index (χ1n) is 5.21. The Morgan fingerprint density at radius 3 is 2.81 bits per heavy atom. The van der Waals surface area contributed by atoms with E-state index in [0.717, 1.165) is 17.1 Å². The van der Waals surface area contributed by atoms with Crippen molar-refractivity contribution in [3.05, 3.63) is 23.8 Å². The van der Waals surface area contributed by atoms with Gasteiger partial charge in [-0.2, -0.15) is 0 Å². The lowest BCUT2D eigenvalue weighted by Crippen LogP contribution is -2.38. The van der Waals surface area contributed by atoms with Crippen LogP contribution in [-0.4, -0.2) is 24.6 Å². The molecule has 1 heterocycles. The largest absolute Gasteiger partial charge is 0.497 e. The molecule has 0 saturated heterocycles. The smallest absolute Gasteiger partial charge is 0.205 e. The number of benzene rings is 1. The van der Waals surface area contributed by atoms with E-state index in [4.69, 9.17) is 14.2 Å². The van der Waals surface area contributed by atoms with E-state index in [1.807, 2.05) is 32.0 Å². The molecule has 0 amide bonds. The molecule has 0 aromatic heterocycles. The number of aliphatic hydroxyl groups excluding tert-OH is 1. The van der Waals surface area contributed by atoms with Crippen molar-refractivity contribution in [3.8, 4) is 11.5 Å². The fourth-order valence-electron chi connectivity index (χ4n) is 1.83. The van der Waals surface area contributed by atoms with Gasteiger partial charge in [-0.1, -0.05) is 0 Å². The molecule has 1 aromatic carbocycles. The van der Waals surface area contributed by atoms with Gasteiger partial charge >= 0.3 is 0 Å². The highest BCUT2D eigenvalue weighted by Crippen LogP contribution is 2.39. The number of hydrogen-bond donors (Lipinski definition) is 1. The molecule has 16 heavy (non-hydrogen) atoms. The molecule has 1 N–H and O–H groups in total. The van der Waals surface area contributed by atoms with E-state index >= 15 is 0 Å². The van der Waals surface area contributed by atoms with Crippen LogP contribution in [0.2, 0.25) is 0 Å². The van der Waals surface area contributed by atoms with Gasteiger partial charge in [0, 0.05) is 19.4 Å². The second-order valence-corrected chi connectivity index (χ2v) is 4.19. The van der Waals surface area contributed by atoms with Crippen molar-refractivity contribution in [2.24, 2.45) is 0 Å². The SMILES string of the molecule is COc1ccc2c(c1)C(CO)OC(C)(C)O2. The predicted octanol–water partition coefficient (Wildman–Crippen LogP) is 1.87. The van der Waals surface area contributed by atoms with E-state index in [1.165, 1.54) is 0 Å². The summed E-state index contributed by atoms with van der Waals surface area (Å²) in [6, 6.07) is 5.49. The molecule has 0 bridgehead atoms. The molecule has 0 spiro atoms. The average molecular weight is 224 g/mol. The summed E-state index contributed by atoms with van der Waals surface area (Å²) >= 11 is 0. The Balaban J connectivity index is 2.42. The number of fused-ring (bicyclic) bond motifs is 1. The van der Waals surface area contributed by atoms with Crippen molar-refractivity contribution >= 4 is 0 Å². The van der Waals surface area contributed by atoms with Gasteiger partial charge in [0.05, 0.1) is 13.7 Å². The monoisotopic (exact) mass is 224 g/mol. The van der Waals surface area contributed by atoms with Gasteiger partial charge in [0.2, 0.25) is 5.79 Å². The van der Waals surface area contributed by atoms with Crippen molar-refractivity contribution in [2.45, 2.75) is 25.7 Å². The molecule has 4 nitrogen and oxygen atoms in total. The van der Waals surface area contributed by atoms with Crippen LogP contribution in [0.15, 0.2) is 18.2 Å². The molecule has 1 aliphatic heterocycles. The summed E-state index contributed by atoms with van der Waals surface area (Å²) in [6.07, 6.45) is -0.367. The van der Waals surface area contributed by atoms with Gasteiger partial charge in [0.25, 0.3) is 0 Å². The van der Waals surface area contributed by atoms with E-state index < -0.39 is 5.79 Å². The molecule has 4 heteroatoms. The van der Waals surface area contributed by atoms with Crippen LogP contribution in [0.5, 0.6) is 11.5 Å². The third-order valence-corrected chi connectivity index (χ3v) is 2.51. The number of hydrogen-bond acceptors (Lipinski definition) is 4. The summed E-state index contributed by atoms with van der Waals surface area (Å²) in [4.78, 5) is 0. The van der Waals surface area contributed by atoms with Crippen LogP contribution in [0.3, 0.4) is 0 Å². The Hall–Kier alpha value is -1.26. The molecule has 1 unspecified atom stereocenters. The van der Waals surface area contributed by atoms with Crippen LogP contribution in [0.1, 0.15) is 25.5 Å². The Bertz CT molecular complexity index is 387. The first-order chi connectivity index (χ1) is 7.55. The summed E-state index contributed by atoms with van der Waals surface area (Å²) in [6.45, 7) is 3.57. The van der Waals surface area contributed by atoms with Crippen LogP contribution in [0.4, 0.5) is 0 Å². The molecule has 88 valence electrons. The molecular weight excluding hydrogens is 208 g/mol. The topological polar surface area (TPSA) is 47.9 Å². The first kappa shape index (κ1) is 11.2. The maximum atomic E-state index is 9.31. The second-order valence-electron chi connectivity index (χ2n) is 4.19. The minimum Gasteiger partial charge on any atom is -0.497 e. The zero-order valence-corrected chi connectivity index (χ0v) is 9.69. The summed E-state index contributed by atoms with van der Waals surface area (Å²) < 4.78 is 16.4. The zero-order chi connectivity index (χ0) is 11.8. The maximum absolute atomic E-state index is 9.31. The van der Waals surface area contributed by atoms with Crippen molar-refractivity contribution < 1.29 is 19.3 Å². The first-order valence-corrected chi connectivity index (χ1v) is 5.21. The maximum Gasteiger partial charge on any atom is 0.205 e. The molecule has 0 fully saturated rings. The zero-order valence-electron chi connectivity index (χ0n) is 9.69. The van der Waals surface area contributed by atoms with Gasteiger partial charge in [-0.05, 0) is 18.2 Å². The van der Waals surface area contributed by atoms with Crippen LogP contribution in [0, 0.1) is 0 Å². The average Bonchev–Trinajstić information content (AvgIpc) is 2.26. The Morgan fingerprint density at radius 2 is 2.19 bits per heavy atom. The van der Waals surface area contributed by atoms with E-state index in [0.29, 0.717) is 0 Å². The standard InChI is InChI=1S/C12H16O4/c1-12(2)15-10-5-4-8(14-3)6-9(10)11(7-13)16-12/h4-6,11,13H,7H2,1-3H3. The summed E-state index contributed by atoms with van der Waals surface area (Å²) in [7, 11) is 1.60. The summed E-state index contributed by atoms with van der Waals surface area (Å²) in [5.74, 6) is 0.745. The number of methoxy groups -OCH3 is 1. The Morgan fingerprint density at radius 1 is 1.44 bits per heavy atom. The fraction of sp³-hybridized carbons (Fsp3) is 0.500. The lowest BCUT2D eigenvalue weighted by Gasteiger charge is -2.37. The molecular formula is C12H16O4. The molecule has 1 aliphatic rings. The van der Waals surface area contributed by atoms with Crippen molar-refractivity contribution in [1.82, 2.24) is 0 Å². The minimum atomic E-state index is -0.713. The van der Waals surface area contributed by atoms with Gasteiger partial charge < -0.3 is 19.3 Å². The number of ether oxygens (including phenoxy) is 3. The van der Waals surface area contributed by atoms with E-state index in [-0.39, 0.29) is 12.7 Å². The highest BCUT2D eigenvalue weighted by molar-refractivity contribution is 5.43. The number of aliphatic hydroxyl groups is 1. The quantitative estimate of drug-likeness (QED) is 0.833. The summed E-state index contributed by atoms with van der Waals surface area (Å²) in [5.41, 5.74) is 0.821. The molecule has 1 aromatic rings. The highest BCUT2D eigenvalue weighted by atomic mass is 16.7. The molecule has 0 radical (unpaired) electrons. The lowest BCUT2D eigenvalue weighted by molar-refractivity contribution is -0.214. The van der Waals surface area contributed by atoms with E-state index in [9.17, 15) is 5.11 Å². The third kappa shape index (κ3) is 1.99.